The van der Waals surface area contributed by atoms with Gasteiger partial charge in [-0.2, -0.15) is 0 Å². The van der Waals surface area contributed by atoms with E-state index in [2.05, 4.69) is 5.32 Å². The smallest absolute Gasteiger partial charge is 0.323 e. The van der Waals surface area contributed by atoms with Gasteiger partial charge in [0.25, 0.3) is 0 Å². The molecule has 0 bridgehead atoms. The van der Waals surface area contributed by atoms with Crippen LogP contribution in [0.2, 0.25) is 0 Å². The van der Waals surface area contributed by atoms with E-state index in [0.717, 1.165) is 19.3 Å². The summed E-state index contributed by atoms with van der Waals surface area (Å²) in [6.07, 6.45) is 3.20. The van der Waals surface area contributed by atoms with Gasteiger partial charge < -0.3 is 15.5 Å². The first-order valence-corrected chi connectivity index (χ1v) is 5.16. The van der Waals surface area contributed by atoms with Crippen LogP contribution in [0.3, 0.4) is 0 Å². The topological polar surface area (TPSA) is 69.6 Å². The molecule has 0 aliphatic rings. The summed E-state index contributed by atoms with van der Waals surface area (Å²) in [5.74, 6) is -0.804. The molecule has 0 radical (unpaired) electrons. The summed E-state index contributed by atoms with van der Waals surface area (Å²) in [7, 11) is 0. The molecule has 0 fully saturated rings. The Morgan fingerprint density at radius 2 is 2.00 bits per heavy atom. The van der Waals surface area contributed by atoms with Crippen molar-refractivity contribution in [3.05, 3.63) is 0 Å². The van der Waals surface area contributed by atoms with Crippen molar-refractivity contribution in [1.82, 2.24) is 5.32 Å². The fraction of sp³-hybridized carbons (Fsp3) is 0.900. The average molecular weight is 203 g/mol. The molecule has 0 aromatic heterocycles. The summed E-state index contributed by atoms with van der Waals surface area (Å²) >= 11 is 0. The van der Waals surface area contributed by atoms with Crippen molar-refractivity contribution in [2.24, 2.45) is 0 Å². The molecule has 0 aromatic rings. The zero-order chi connectivity index (χ0) is 11.0. The molecule has 1 atom stereocenters. The number of aliphatic carboxylic acids is 1. The Kier molecular flexibility index (Phi) is 6.49. The average Bonchev–Trinajstić information content (AvgIpc) is 2.17. The highest BCUT2D eigenvalue weighted by Crippen LogP contribution is 2.09. The van der Waals surface area contributed by atoms with Crippen LogP contribution in [0, 0.1) is 0 Å². The lowest BCUT2D eigenvalue weighted by Gasteiger charge is -2.24. The Hall–Kier alpha value is -0.610. The van der Waals surface area contributed by atoms with Crippen molar-refractivity contribution in [2.45, 2.75) is 45.1 Å². The van der Waals surface area contributed by atoms with E-state index in [9.17, 15) is 4.79 Å². The predicted octanol–water partition coefficient (Wildman–Crippen LogP) is 0.992. The third kappa shape index (κ3) is 4.58. The van der Waals surface area contributed by atoms with Crippen LogP contribution in [-0.4, -0.2) is 34.9 Å². The SMILES string of the molecule is CCC(C)(NCCCCCO)C(=O)O. The van der Waals surface area contributed by atoms with E-state index in [4.69, 9.17) is 10.2 Å². The van der Waals surface area contributed by atoms with E-state index in [-0.39, 0.29) is 6.61 Å². The second-order valence-electron chi connectivity index (χ2n) is 3.70. The standard InChI is InChI=1S/C10H21NO3/c1-3-10(2,9(13)14)11-7-5-4-6-8-12/h11-12H,3-8H2,1-2H3,(H,13,14). The second-order valence-corrected chi connectivity index (χ2v) is 3.70. The lowest BCUT2D eigenvalue weighted by atomic mass is 9.99. The molecule has 1 unspecified atom stereocenters. The first kappa shape index (κ1) is 13.4. The van der Waals surface area contributed by atoms with Crippen molar-refractivity contribution < 1.29 is 15.0 Å². The number of hydrogen-bond acceptors (Lipinski definition) is 3. The Balaban J connectivity index is 3.68. The van der Waals surface area contributed by atoms with Gasteiger partial charge in [0.1, 0.15) is 5.54 Å². The lowest BCUT2D eigenvalue weighted by Crippen LogP contribution is -2.49. The zero-order valence-electron chi connectivity index (χ0n) is 9.05. The third-order valence-corrected chi connectivity index (χ3v) is 2.53. The van der Waals surface area contributed by atoms with Gasteiger partial charge in [-0.3, -0.25) is 4.79 Å². The molecule has 0 heterocycles. The van der Waals surface area contributed by atoms with E-state index < -0.39 is 11.5 Å². The Morgan fingerprint density at radius 1 is 1.36 bits per heavy atom. The molecule has 0 spiro atoms. The summed E-state index contributed by atoms with van der Waals surface area (Å²) in [5, 5.41) is 20.5. The molecule has 3 N–H and O–H groups in total. The fourth-order valence-corrected chi connectivity index (χ4v) is 1.13. The quantitative estimate of drug-likeness (QED) is 0.515. The van der Waals surface area contributed by atoms with Gasteiger partial charge in [-0.15, -0.1) is 0 Å². The van der Waals surface area contributed by atoms with Crippen molar-refractivity contribution >= 4 is 5.97 Å². The zero-order valence-corrected chi connectivity index (χ0v) is 9.05. The normalized spacial score (nSPS) is 15.1. The maximum Gasteiger partial charge on any atom is 0.323 e. The molecule has 0 aliphatic heterocycles. The molecule has 4 nitrogen and oxygen atoms in total. The first-order valence-electron chi connectivity index (χ1n) is 5.16. The van der Waals surface area contributed by atoms with Crippen LogP contribution in [-0.2, 0) is 4.79 Å². The summed E-state index contributed by atoms with van der Waals surface area (Å²) in [5.41, 5.74) is -0.806. The molecule has 84 valence electrons. The molecule has 4 heteroatoms. The van der Waals surface area contributed by atoms with Gasteiger partial charge >= 0.3 is 5.97 Å². The molecule has 0 rings (SSSR count). The number of rotatable bonds is 8. The van der Waals surface area contributed by atoms with Crippen LogP contribution in [0.1, 0.15) is 39.5 Å². The van der Waals surface area contributed by atoms with Crippen LogP contribution < -0.4 is 5.32 Å². The number of hydrogen-bond donors (Lipinski definition) is 3. The molecule has 0 aromatic carbocycles. The molecule has 14 heavy (non-hydrogen) atoms. The molecule has 0 saturated carbocycles. The van der Waals surface area contributed by atoms with Crippen LogP contribution >= 0.6 is 0 Å². The number of carbonyl (C=O) groups is 1. The minimum absolute atomic E-state index is 0.212. The number of carboxylic acids is 1. The minimum atomic E-state index is -0.806. The number of aliphatic hydroxyl groups is 1. The third-order valence-electron chi connectivity index (χ3n) is 2.53. The van der Waals surface area contributed by atoms with Gasteiger partial charge in [0, 0.05) is 6.61 Å². The van der Waals surface area contributed by atoms with Crippen LogP contribution in [0.5, 0.6) is 0 Å². The first-order chi connectivity index (χ1) is 6.56. The summed E-state index contributed by atoms with van der Waals surface area (Å²) in [4.78, 5) is 10.9. The Morgan fingerprint density at radius 3 is 2.43 bits per heavy atom. The van der Waals surface area contributed by atoms with E-state index in [1.54, 1.807) is 6.92 Å². The summed E-state index contributed by atoms with van der Waals surface area (Å²) in [6, 6.07) is 0. The Bertz CT molecular complexity index is 173. The van der Waals surface area contributed by atoms with E-state index in [0.29, 0.717) is 13.0 Å². The minimum Gasteiger partial charge on any atom is -0.480 e. The maximum atomic E-state index is 10.9. The summed E-state index contributed by atoms with van der Waals surface area (Å²) in [6.45, 7) is 4.46. The molecule has 0 saturated heterocycles. The molecule has 0 amide bonds. The molecule has 0 aliphatic carbocycles. The highest BCUT2D eigenvalue weighted by atomic mass is 16.4. The van der Waals surface area contributed by atoms with Crippen LogP contribution in [0.25, 0.3) is 0 Å². The summed E-state index contributed by atoms with van der Waals surface area (Å²) < 4.78 is 0. The van der Waals surface area contributed by atoms with Gasteiger partial charge in [0.05, 0.1) is 0 Å². The number of unbranched alkanes of at least 4 members (excludes halogenated alkanes) is 2. The highest BCUT2D eigenvalue weighted by molar-refractivity contribution is 5.78. The highest BCUT2D eigenvalue weighted by Gasteiger charge is 2.29. The monoisotopic (exact) mass is 203 g/mol. The predicted molar refractivity (Wildman–Crippen MR) is 55.3 cm³/mol. The van der Waals surface area contributed by atoms with Gasteiger partial charge in [-0.05, 0) is 39.2 Å². The van der Waals surface area contributed by atoms with Crippen LogP contribution in [0.4, 0.5) is 0 Å². The second kappa shape index (κ2) is 6.79. The van der Waals surface area contributed by atoms with Crippen molar-refractivity contribution in [2.75, 3.05) is 13.2 Å². The van der Waals surface area contributed by atoms with Gasteiger partial charge in [-0.25, -0.2) is 0 Å². The fourth-order valence-electron chi connectivity index (χ4n) is 1.13. The van der Waals surface area contributed by atoms with E-state index in [1.807, 2.05) is 6.92 Å². The largest absolute Gasteiger partial charge is 0.480 e. The Labute approximate surface area is 85.3 Å². The van der Waals surface area contributed by atoms with Gasteiger partial charge in [0.15, 0.2) is 0 Å². The number of aliphatic hydroxyl groups excluding tert-OH is 1. The van der Waals surface area contributed by atoms with E-state index >= 15 is 0 Å². The van der Waals surface area contributed by atoms with Crippen molar-refractivity contribution in [3.8, 4) is 0 Å². The van der Waals surface area contributed by atoms with Crippen molar-refractivity contribution in [1.29, 1.82) is 0 Å². The van der Waals surface area contributed by atoms with Crippen molar-refractivity contribution in [3.63, 3.8) is 0 Å². The van der Waals surface area contributed by atoms with E-state index in [1.165, 1.54) is 0 Å². The number of carboxylic acid groups (broad SMARTS) is 1. The molecular formula is C10H21NO3. The van der Waals surface area contributed by atoms with Crippen LogP contribution in [0.15, 0.2) is 0 Å². The van der Waals surface area contributed by atoms with Gasteiger partial charge in [0.2, 0.25) is 0 Å². The van der Waals surface area contributed by atoms with Gasteiger partial charge in [-0.1, -0.05) is 6.92 Å². The lowest BCUT2D eigenvalue weighted by molar-refractivity contribution is -0.144. The molecular weight excluding hydrogens is 182 g/mol. The number of nitrogens with one attached hydrogen (secondary N) is 1. The maximum absolute atomic E-state index is 10.9.